The van der Waals surface area contributed by atoms with Crippen LogP contribution in [0.3, 0.4) is 0 Å². The smallest absolute Gasteiger partial charge is 0.151 e. The summed E-state index contributed by atoms with van der Waals surface area (Å²) in [6.45, 7) is 2.55. The first kappa shape index (κ1) is 13.4. The Morgan fingerprint density at radius 2 is 2.17 bits per heavy atom. The topological polar surface area (TPSA) is 57.6 Å². The summed E-state index contributed by atoms with van der Waals surface area (Å²) in [6, 6.07) is 5.55. The lowest BCUT2D eigenvalue weighted by Gasteiger charge is -2.23. The molecule has 0 radical (unpaired) electrons. The van der Waals surface area contributed by atoms with Crippen LogP contribution in [-0.2, 0) is 16.4 Å². The fourth-order valence-corrected chi connectivity index (χ4v) is 4.17. The predicted octanol–water partition coefficient (Wildman–Crippen LogP) is 1.32. The van der Waals surface area contributed by atoms with Crippen molar-refractivity contribution in [3.05, 3.63) is 29.3 Å². The van der Waals surface area contributed by atoms with Crippen molar-refractivity contribution >= 4 is 9.84 Å². The monoisotopic (exact) mass is 269 g/mol. The second-order valence-corrected chi connectivity index (χ2v) is 7.33. The molecular formula is C13H19NO3S. The van der Waals surface area contributed by atoms with Crippen LogP contribution in [0.15, 0.2) is 18.2 Å². The van der Waals surface area contributed by atoms with Crippen molar-refractivity contribution in [2.45, 2.75) is 25.9 Å². The summed E-state index contributed by atoms with van der Waals surface area (Å²) < 4.78 is 22.9. The van der Waals surface area contributed by atoms with E-state index in [1.807, 2.05) is 31.0 Å². The lowest BCUT2D eigenvalue weighted by Crippen LogP contribution is -2.32. The number of phenolic OH excluding ortho intramolecular Hbond substituents is 1. The Hall–Kier alpha value is -1.07. The SMILES string of the molecule is Cc1ccc(O)c(CN(C)C2CCS(=O)(=O)C2)c1. The second kappa shape index (κ2) is 4.90. The maximum Gasteiger partial charge on any atom is 0.151 e. The molecule has 5 heteroatoms. The van der Waals surface area contributed by atoms with E-state index in [-0.39, 0.29) is 23.3 Å². The number of aryl methyl sites for hydroxylation is 1. The fourth-order valence-electron chi connectivity index (χ4n) is 2.36. The van der Waals surface area contributed by atoms with E-state index in [4.69, 9.17) is 0 Å². The number of hydrogen-bond acceptors (Lipinski definition) is 4. The predicted molar refractivity (Wildman–Crippen MR) is 71.4 cm³/mol. The highest BCUT2D eigenvalue weighted by Crippen LogP contribution is 2.23. The highest BCUT2D eigenvalue weighted by Gasteiger charge is 2.30. The summed E-state index contributed by atoms with van der Waals surface area (Å²) in [6.07, 6.45) is 0.686. The molecule has 1 saturated heterocycles. The number of nitrogens with zero attached hydrogens (tertiary/aromatic N) is 1. The van der Waals surface area contributed by atoms with Crippen LogP contribution in [0.5, 0.6) is 5.75 Å². The molecule has 0 bridgehead atoms. The van der Waals surface area contributed by atoms with Crippen LogP contribution in [0.25, 0.3) is 0 Å². The normalized spacial score (nSPS) is 22.5. The highest BCUT2D eigenvalue weighted by atomic mass is 32.2. The number of sulfone groups is 1. The van der Waals surface area contributed by atoms with E-state index in [0.29, 0.717) is 13.0 Å². The third-order valence-electron chi connectivity index (χ3n) is 3.49. The first-order valence-electron chi connectivity index (χ1n) is 6.06. The number of aromatic hydroxyl groups is 1. The number of phenols is 1. The Labute approximate surface area is 108 Å². The summed E-state index contributed by atoms with van der Waals surface area (Å²) in [7, 11) is -0.945. The third kappa shape index (κ3) is 3.03. The van der Waals surface area contributed by atoms with Crippen molar-refractivity contribution in [3.8, 4) is 5.75 Å². The van der Waals surface area contributed by atoms with Crippen LogP contribution in [-0.4, -0.2) is 43.0 Å². The van der Waals surface area contributed by atoms with Gasteiger partial charge in [-0.1, -0.05) is 17.7 Å². The molecular weight excluding hydrogens is 250 g/mol. The van der Waals surface area contributed by atoms with Crippen LogP contribution in [0.2, 0.25) is 0 Å². The summed E-state index contributed by atoms with van der Waals surface area (Å²) in [5.41, 5.74) is 1.94. The van der Waals surface area contributed by atoms with Crippen LogP contribution in [0.4, 0.5) is 0 Å². The summed E-state index contributed by atoms with van der Waals surface area (Å²) in [5, 5.41) is 9.78. The van der Waals surface area contributed by atoms with Crippen molar-refractivity contribution in [2.75, 3.05) is 18.6 Å². The van der Waals surface area contributed by atoms with Gasteiger partial charge in [-0.05, 0) is 26.5 Å². The lowest BCUT2D eigenvalue weighted by atomic mass is 10.1. The van der Waals surface area contributed by atoms with E-state index >= 15 is 0 Å². The zero-order valence-electron chi connectivity index (χ0n) is 10.8. The van der Waals surface area contributed by atoms with Gasteiger partial charge >= 0.3 is 0 Å². The van der Waals surface area contributed by atoms with Gasteiger partial charge in [-0.3, -0.25) is 4.90 Å². The molecule has 2 rings (SSSR count). The van der Waals surface area contributed by atoms with Crippen molar-refractivity contribution in [3.63, 3.8) is 0 Å². The maximum absolute atomic E-state index is 11.4. The summed E-state index contributed by atoms with van der Waals surface area (Å²) in [5.74, 6) is 0.783. The Balaban J connectivity index is 2.08. The van der Waals surface area contributed by atoms with Gasteiger partial charge in [-0.25, -0.2) is 8.42 Å². The Bertz CT molecular complexity index is 539. The fraction of sp³-hybridized carbons (Fsp3) is 0.538. The van der Waals surface area contributed by atoms with E-state index < -0.39 is 9.84 Å². The van der Waals surface area contributed by atoms with Crippen LogP contribution >= 0.6 is 0 Å². The zero-order valence-corrected chi connectivity index (χ0v) is 11.6. The minimum absolute atomic E-state index is 0.0647. The second-order valence-electron chi connectivity index (χ2n) is 5.10. The number of hydrogen-bond donors (Lipinski definition) is 1. The molecule has 0 saturated carbocycles. The minimum Gasteiger partial charge on any atom is -0.508 e. The quantitative estimate of drug-likeness (QED) is 0.899. The standard InChI is InChI=1S/C13H19NO3S/c1-10-3-4-13(15)11(7-10)8-14(2)12-5-6-18(16,17)9-12/h3-4,7,12,15H,5-6,8-9H2,1-2H3. The summed E-state index contributed by atoms with van der Waals surface area (Å²) in [4.78, 5) is 2.01. The van der Waals surface area contributed by atoms with Crippen molar-refractivity contribution in [1.82, 2.24) is 4.90 Å². The molecule has 1 aliphatic heterocycles. The van der Waals surface area contributed by atoms with Crippen molar-refractivity contribution in [2.24, 2.45) is 0 Å². The van der Waals surface area contributed by atoms with Crippen LogP contribution < -0.4 is 0 Å². The third-order valence-corrected chi connectivity index (χ3v) is 5.24. The van der Waals surface area contributed by atoms with Gasteiger partial charge in [0, 0.05) is 18.2 Å². The molecule has 0 aliphatic carbocycles. The van der Waals surface area contributed by atoms with E-state index in [9.17, 15) is 13.5 Å². The van der Waals surface area contributed by atoms with Gasteiger partial charge in [0.25, 0.3) is 0 Å². The Kier molecular flexibility index (Phi) is 3.64. The van der Waals surface area contributed by atoms with Crippen molar-refractivity contribution < 1.29 is 13.5 Å². The number of benzene rings is 1. The average Bonchev–Trinajstić information content (AvgIpc) is 2.64. The molecule has 18 heavy (non-hydrogen) atoms. The molecule has 0 aromatic heterocycles. The van der Waals surface area contributed by atoms with E-state index in [0.717, 1.165) is 11.1 Å². The van der Waals surface area contributed by atoms with E-state index in [1.54, 1.807) is 6.07 Å². The van der Waals surface area contributed by atoms with Gasteiger partial charge in [0.1, 0.15) is 5.75 Å². The molecule has 1 aromatic carbocycles. The molecule has 1 fully saturated rings. The maximum atomic E-state index is 11.4. The van der Waals surface area contributed by atoms with Gasteiger partial charge in [0.05, 0.1) is 11.5 Å². The van der Waals surface area contributed by atoms with Gasteiger partial charge in [-0.2, -0.15) is 0 Å². The van der Waals surface area contributed by atoms with Gasteiger partial charge in [-0.15, -0.1) is 0 Å². The summed E-state index contributed by atoms with van der Waals surface area (Å²) >= 11 is 0. The van der Waals surface area contributed by atoms with Gasteiger partial charge < -0.3 is 5.11 Å². The van der Waals surface area contributed by atoms with Crippen LogP contribution in [0.1, 0.15) is 17.5 Å². The van der Waals surface area contributed by atoms with Gasteiger partial charge in [0.15, 0.2) is 9.84 Å². The Morgan fingerprint density at radius 1 is 1.44 bits per heavy atom. The molecule has 100 valence electrons. The highest BCUT2D eigenvalue weighted by molar-refractivity contribution is 7.91. The molecule has 0 amide bonds. The molecule has 1 heterocycles. The molecule has 1 aliphatic rings. The number of rotatable bonds is 3. The van der Waals surface area contributed by atoms with E-state index in [1.165, 1.54) is 0 Å². The first-order valence-corrected chi connectivity index (χ1v) is 7.89. The molecule has 1 atom stereocenters. The lowest BCUT2D eigenvalue weighted by molar-refractivity contribution is 0.250. The van der Waals surface area contributed by atoms with Gasteiger partial charge in [0.2, 0.25) is 0 Å². The molecule has 1 aromatic rings. The molecule has 4 nitrogen and oxygen atoms in total. The molecule has 1 N–H and O–H groups in total. The largest absolute Gasteiger partial charge is 0.508 e. The first-order chi connectivity index (χ1) is 8.37. The Morgan fingerprint density at radius 3 is 2.78 bits per heavy atom. The molecule has 1 unspecified atom stereocenters. The average molecular weight is 269 g/mol. The zero-order chi connectivity index (χ0) is 13.3. The van der Waals surface area contributed by atoms with E-state index in [2.05, 4.69) is 0 Å². The minimum atomic E-state index is -2.86. The molecule has 0 spiro atoms. The van der Waals surface area contributed by atoms with Crippen LogP contribution in [0, 0.1) is 6.92 Å². The van der Waals surface area contributed by atoms with Crippen molar-refractivity contribution in [1.29, 1.82) is 0 Å².